The molecule has 5 rings (SSSR count). The minimum absolute atomic E-state index is 0.0420. The molecule has 208 valence electrons. The van der Waals surface area contributed by atoms with Crippen LogP contribution in [0.3, 0.4) is 0 Å². The molecule has 3 fully saturated rings. The van der Waals surface area contributed by atoms with Gasteiger partial charge >= 0.3 is 5.97 Å². The number of hydrogen-bond acceptors (Lipinski definition) is 7. The molecule has 5 aliphatic rings. The number of ether oxygens (including phenoxy) is 3. The third kappa shape index (κ3) is 4.61. The van der Waals surface area contributed by atoms with E-state index >= 15 is 0 Å². The van der Waals surface area contributed by atoms with Crippen molar-refractivity contribution in [1.82, 2.24) is 5.32 Å². The molecule has 37 heavy (non-hydrogen) atoms. The minimum Gasteiger partial charge on any atom is -0.457 e. The quantitative estimate of drug-likeness (QED) is 0.299. The van der Waals surface area contributed by atoms with Crippen molar-refractivity contribution in [3.8, 4) is 0 Å². The summed E-state index contributed by atoms with van der Waals surface area (Å²) in [6.45, 7) is 12.3. The van der Waals surface area contributed by atoms with Gasteiger partial charge in [-0.2, -0.15) is 0 Å². The number of carbonyl (C=O) groups excluding carboxylic acids is 1. The maximum Gasteiger partial charge on any atom is 0.335 e. The van der Waals surface area contributed by atoms with Crippen molar-refractivity contribution in [3.63, 3.8) is 0 Å². The maximum atomic E-state index is 13.1. The molecule has 0 aromatic carbocycles. The summed E-state index contributed by atoms with van der Waals surface area (Å²) >= 11 is 0. The lowest BCUT2D eigenvalue weighted by Crippen LogP contribution is -3.10. The van der Waals surface area contributed by atoms with E-state index < -0.39 is 36.0 Å². The summed E-state index contributed by atoms with van der Waals surface area (Å²) in [5, 5.41) is 26.1. The van der Waals surface area contributed by atoms with Crippen molar-refractivity contribution in [3.05, 3.63) is 23.8 Å². The Morgan fingerprint density at radius 2 is 2.00 bits per heavy atom. The summed E-state index contributed by atoms with van der Waals surface area (Å²) < 4.78 is 18.5. The first-order valence-electron chi connectivity index (χ1n) is 14.4. The number of cyclic esters (lactones) is 1. The van der Waals surface area contributed by atoms with Crippen molar-refractivity contribution in [2.45, 2.75) is 89.1 Å². The van der Waals surface area contributed by atoms with Crippen molar-refractivity contribution in [2.75, 3.05) is 33.3 Å². The first-order chi connectivity index (χ1) is 17.7. The van der Waals surface area contributed by atoms with E-state index in [9.17, 15) is 15.0 Å². The van der Waals surface area contributed by atoms with Crippen LogP contribution < -0.4 is 10.2 Å². The van der Waals surface area contributed by atoms with Crippen LogP contribution in [-0.2, 0) is 19.0 Å². The fraction of sp³-hybridized carbons (Fsp3) is 0.828. The minimum atomic E-state index is -0.826. The fourth-order valence-electron chi connectivity index (χ4n) is 8.21. The Morgan fingerprint density at radius 1 is 1.27 bits per heavy atom. The molecule has 2 saturated heterocycles. The van der Waals surface area contributed by atoms with E-state index in [-0.39, 0.29) is 41.7 Å². The molecule has 12 atom stereocenters. The van der Waals surface area contributed by atoms with Gasteiger partial charge < -0.3 is 34.6 Å². The Bertz CT molecular complexity index is 901. The Kier molecular flexibility index (Phi) is 7.89. The van der Waals surface area contributed by atoms with Gasteiger partial charge in [-0.3, -0.25) is 0 Å². The summed E-state index contributed by atoms with van der Waals surface area (Å²) in [4.78, 5) is 14.8. The predicted octanol–water partition coefficient (Wildman–Crippen LogP) is 0.484. The fourth-order valence-corrected chi connectivity index (χ4v) is 8.21. The number of quaternary nitrogens is 1. The third-order valence-corrected chi connectivity index (χ3v) is 10.1. The number of hydrogen-bond donors (Lipinski definition) is 4. The van der Waals surface area contributed by atoms with Crippen LogP contribution in [0, 0.1) is 29.6 Å². The molecule has 3 heterocycles. The molecule has 1 unspecified atom stereocenters. The van der Waals surface area contributed by atoms with E-state index in [1.807, 2.05) is 6.92 Å². The number of aliphatic hydroxyl groups excluding tert-OH is 2. The lowest BCUT2D eigenvalue weighted by Gasteiger charge is -2.49. The molecule has 1 saturated carbocycles. The largest absolute Gasteiger partial charge is 0.457 e. The smallest absolute Gasteiger partial charge is 0.335 e. The lowest BCUT2D eigenvalue weighted by atomic mass is 9.57. The molecule has 8 nitrogen and oxygen atoms in total. The van der Waals surface area contributed by atoms with Crippen molar-refractivity contribution < 1.29 is 34.1 Å². The van der Waals surface area contributed by atoms with Gasteiger partial charge in [0, 0.05) is 62.1 Å². The van der Waals surface area contributed by atoms with E-state index in [1.165, 1.54) is 33.0 Å². The highest BCUT2D eigenvalue weighted by molar-refractivity contribution is 5.75. The van der Waals surface area contributed by atoms with Crippen LogP contribution in [0.2, 0.25) is 0 Å². The van der Waals surface area contributed by atoms with Gasteiger partial charge in [0.25, 0.3) is 0 Å². The van der Waals surface area contributed by atoms with E-state index in [0.717, 1.165) is 18.7 Å². The molecular weight excluding hydrogens is 472 g/mol. The zero-order valence-electron chi connectivity index (χ0n) is 23.1. The zero-order chi connectivity index (χ0) is 26.5. The standard InChI is InChI=1S/C29H46N2O6/c1-16-14-17(2)29-20(15-22(35-5)28(34)36-26(16)19(4)32)8-9-21-23(29)25(33)18(3)24(27(21)37-29)30-10-13-31-11-6-7-12-31/h8-9,14,16,18-27,30,32-33H,6-7,10-13,15H2,1-5H3/p+1/b17-14+/t16-,18?,19-,20-,21-,22+,23+,24+,25-,26+,27-,29+/m1/s1. The highest BCUT2D eigenvalue weighted by atomic mass is 16.6. The summed E-state index contributed by atoms with van der Waals surface area (Å²) in [6.07, 6.45) is 6.63. The van der Waals surface area contributed by atoms with Crippen LogP contribution in [0.1, 0.15) is 47.0 Å². The molecule has 0 aromatic rings. The van der Waals surface area contributed by atoms with Crippen LogP contribution >= 0.6 is 0 Å². The van der Waals surface area contributed by atoms with Crippen LogP contribution in [0.4, 0.5) is 0 Å². The molecule has 0 amide bonds. The topological polar surface area (TPSA) is 102 Å². The Labute approximate surface area is 221 Å². The molecular formula is C29H47N2O6+. The number of aliphatic hydroxyl groups is 2. The van der Waals surface area contributed by atoms with Gasteiger partial charge in [0.15, 0.2) is 6.10 Å². The number of rotatable bonds is 6. The molecule has 4 N–H and O–H groups in total. The molecule has 2 aliphatic carbocycles. The average Bonchev–Trinajstić information content (AvgIpc) is 3.44. The van der Waals surface area contributed by atoms with Crippen molar-refractivity contribution in [1.29, 1.82) is 0 Å². The Morgan fingerprint density at radius 3 is 2.68 bits per heavy atom. The molecule has 0 radical (unpaired) electrons. The molecule has 8 heteroatoms. The predicted molar refractivity (Wildman–Crippen MR) is 139 cm³/mol. The summed E-state index contributed by atoms with van der Waals surface area (Å²) in [5.74, 6) is -0.794. The van der Waals surface area contributed by atoms with Crippen molar-refractivity contribution in [2.24, 2.45) is 29.6 Å². The van der Waals surface area contributed by atoms with Gasteiger partial charge in [0.2, 0.25) is 0 Å². The van der Waals surface area contributed by atoms with Gasteiger partial charge in [-0.15, -0.1) is 0 Å². The number of likely N-dealkylation sites (tertiary alicyclic amines) is 1. The van der Waals surface area contributed by atoms with E-state index in [0.29, 0.717) is 6.42 Å². The number of carbonyl (C=O) groups is 1. The number of nitrogens with one attached hydrogen (secondary N) is 2. The third-order valence-electron chi connectivity index (χ3n) is 10.1. The van der Waals surface area contributed by atoms with E-state index in [2.05, 4.69) is 37.4 Å². The summed E-state index contributed by atoms with van der Waals surface area (Å²) in [6, 6.07) is 0.0510. The van der Waals surface area contributed by atoms with E-state index in [4.69, 9.17) is 14.2 Å². The SMILES string of the molecule is CO[C@H]1C[C@H]2C=C[C@H]3[C@H]4O[C@]2(/C(C)=C/[C@@H](C)[C@@H]([C@@H](C)O)OC1=O)[C@@H]3[C@H](O)C(C)[C@@H]4NCC[NH+]1CCCC1. The second-order valence-corrected chi connectivity index (χ2v) is 12.3. The summed E-state index contributed by atoms with van der Waals surface area (Å²) in [5.41, 5.74) is 0.305. The summed E-state index contributed by atoms with van der Waals surface area (Å²) in [7, 11) is 1.52. The number of methoxy groups -OCH3 is 1. The van der Waals surface area contributed by atoms with Gasteiger partial charge in [-0.05, 0) is 25.8 Å². The molecule has 1 spiro atoms. The first kappa shape index (κ1) is 27.3. The van der Waals surface area contributed by atoms with E-state index in [1.54, 1.807) is 11.8 Å². The van der Waals surface area contributed by atoms with Gasteiger partial charge in [-0.1, -0.05) is 32.1 Å². The van der Waals surface area contributed by atoms with Crippen LogP contribution in [0.5, 0.6) is 0 Å². The Hall–Kier alpha value is -1.29. The zero-order valence-corrected chi connectivity index (χ0v) is 23.1. The number of esters is 1. The molecule has 3 aliphatic heterocycles. The first-order valence-corrected chi connectivity index (χ1v) is 14.4. The highest BCUT2D eigenvalue weighted by Crippen LogP contribution is 2.60. The van der Waals surface area contributed by atoms with Gasteiger partial charge in [0.1, 0.15) is 11.7 Å². The molecule has 4 bridgehead atoms. The van der Waals surface area contributed by atoms with Gasteiger partial charge in [0.05, 0.1) is 37.9 Å². The highest BCUT2D eigenvalue weighted by Gasteiger charge is 2.68. The van der Waals surface area contributed by atoms with Crippen LogP contribution in [0.25, 0.3) is 0 Å². The lowest BCUT2D eigenvalue weighted by molar-refractivity contribution is -0.886. The monoisotopic (exact) mass is 519 g/mol. The van der Waals surface area contributed by atoms with Crippen LogP contribution in [0.15, 0.2) is 23.8 Å². The second-order valence-electron chi connectivity index (χ2n) is 12.3. The Balaban J connectivity index is 1.49. The average molecular weight is 520 g/mol. The van der Waals surface area contributed by atoms with Gasteiger partial charge in [-0.25, -0.2) is 4.79 Å². The molecule has 0 aromatic heterocycles. The maximum absolute atomic E-state index is 13.1. The van der Waals surface area contributed by atoms with Crippen LogP contribution in [-0.4, -0.2) is 91.6 Å². The van der Waals surface area contributed by atoms with Crippen molar-refractivity contribution >= 4 is 5.97 Å². The second kappa shape index (κ2) is 10.7. The normalized spacial score (nSPS) is 48.2.